The highest BCUT2D eigenvalue weighted by Gasteiger charge is 2.33. The van der Waals surface area contributed by atoms with Crippen LogP contribution >= 0.6 is 0 Å². The van der Waals surface area contributed by atoms with Crippen molar-refractivity contribution >= 4 is 17.4 Å². The number of nitrogens with zero attached hydrogens (tertiary/aromatic N) is 5. The van der Waals surface area contributed by atoms with Crippen LogP contribution in [0.4, 0.5) is 14.6 Å². The minimum atomic E-state index is -0.534. The summed E-state index contributed by atoms with van der Waals surface area (Å²) in [6.45, 7) is 2.50. The van der Waals surface area contributed by atoms with E-state index < -0.39 is 11.6 Å². The molecule has 1 fully saturated rings. The fraction of sp³-hybridized carbons (Fsp3) is 0.400. The number of aromatic nitrogens is 4. The summed E-state index contributed by atoms with van der Waals surface area (Å²) in [5, 5.41) is 7.02. The molecule has 9 heteroatoms. The number of fused-ring (bicyclic) bond motifs is 5. The first-order valence-corrected chi connectivity index (χ1v) is 9.77. The van der Waals surface area contributed by atoms with Gasteiger partial charge in [0.2, 0.25) is 0 Å². The number of pyridine rings is 1. The first-order valence-electron chi connectivity index (χ1n) is 9.77. The molecule has 0 saturated carbocycles. The van der Waals surface area contributed by atoms with Crippen LogP contribution in [0.3, 0.4) is 0 Å². The van der Waals surface area contributed by atoms with E-state index in [0.717, 1.165) is 24.1 Å². The molecule has 5 heterocycles. The molecule has 0 aromatic carbocycles. The molecule has 2 aliphatic heterocycles. The lowest BCUT2D eigenvalue weighted by atomic mass is 9.98. The molecule has 2 aliphatic rings. The molecule has 0 unspecified atom stereocenters. The number of nitrogens with one attached hydrogen (secondary N) is 1. The molecule has 0 radical (unpaired) electrons. The maximum absolute atomic E-state index is 14.9. The van der Waals surface area contributed by atoms with Gasteiger partial charge in [0.05, 0.1) is 24.6 Å². The fourth-order valence-electron chi connectivity index (χ4n) is 4.29. The van der Waals surface area contributed by atoms with Crippen molar-refractivity contribution < 1.29 is 13.6 Å². The third-order valence-electron chi connectivity index (χ3n) is 5.72. The van der Waals surface area contributed by atoms with Crippen molar-refractivity contribution in [2.75, 3.05) is 11.4 Å². The van der Waals surface area contributed by atoms with E-state index in [2.05, 4.69) is 20.4 Å². The highest BCUT2D eigenvalue weighted by molar-refractivity contribution is 5.99. The van der Waals surface area contributed by atoms with Crippen LogP contribution in [-0.4, -0.2) is 38.1 Å². The highest BCUT2D eigenvalue weighted by Crippen LogP contribution is 2.38. The second kappa shape index (κ2) is 6.75. The van der Waals surface area contributed by atoms with Gasteiger partial charge in [0, 0.05) is 18.3 Å². The summed E-state index contributed by atoms with van der Waals surface area (Å²) in [6, 6.07) is 1.15. The lowest BCUT2D eigenvalue weighted by Crippen LogP contribution is -2.33. The molecule has 7 nitrogen and oxygen atoms in total. The molecular formula is C20H20F2N6O. The maximum atomic E-state index is 14.9. The summed E-state index contributed by atoms with van der Waals surface area (Å²) in [4.78, 5) is 23.4. The molecule has 0 aliphatic carbocycles. The number of hydrogen-bond acceptors (Lipinski definition) is 5. The standard InChI is InChI=1S/C20H20F2N6O/c1-11-4-5-16-13(7-12(21)8-23-16)17-3-2-6-27(17)19-15(22)10-28-18(26-19)14(9-24-28)20(29)25-11/h7-11,17H,2-6H2,1H3,(H,25,29)/t11-,17-/m1/s1. The van der Waals surface area contributed by atoms with Crippen molar-refractivity contribution in [2.45, 2.75) is 44.7 Å². The fourth-order valence-corrected chi connectivity index (χ4v) is 4.29. The number of carbonyl (C=O) groups is 1. The monoisotopic (exact) mass is 398 g/mol. The van der Waals surface area contributed by atoms with Crippen LogP contribution in [0.5, 0.6) is 0 Å². The molecule has 1 saturated heterocycles. The van der Waals surface area contributed by atoms with E-state index in [9.17, 15) is 13.6 Å². The Balaban J connectivity index is 1.72. The first kappa shape index (κ1) is 18.0. The summed E-state index contributed by atoms with van der Waals surface area (Å²) in [6.07, 6.45) is 6.66. The number of halogens is 2. The van der Waals surface area contributed by atoms with E-state index in [1.54, 1.807) is 0 Å². The third-order valence-corrected chi connectivity index (χ3v) is 5.72. The van der Waals surface area contributed by atoms with Gasteiger partial charge < -0.3 is 10.2 Å². The molecular weight excluding hydrogens is 378 g/mol. The lowest BCUT2D eigenvalue weighted by Gasteiger charge is -2.27. The van der Waals surface area contributed by atoms with E-state index in [4.69, 9.17) is 0 Å². The van der Waals surface area contributed by atoms with E-state index in [1.807, 2.05) is 11.8 Å². The minimum absolute atomic E-state index is 0.127. The van der Waals surface area contributed by atoms with Gasteiger partial charge in [-0.05, 0) is 44.2 Å². The summed E-state index contributed by atoms with van der Waals surface area (Å²) in [5.41, 5.74) is 2.13. The number of rotatable bonds is 0. The highest BCUT2D eigenvalue weighted by atomic mass is 19.1. The lowest BCUT2D eigenvalue weighted by molar-refractivity contribution is 0.0940. The Kier molecular flexibility index (Phi) is 4.18. The SMILES string of the molecule is C[C@@H]1CCc2ncc(F)cc2[C@H]2CCCN2c2nc3c(cnn3cc2F)C(=O)N1. The maximum Gasteiger partial charge on any atom is 0.256 e. The molecule has 1 amide bonds. The van der Waals surface area contributed by atoms with Crippen LogP contribution in [0.1, 0.15) is 53.8 Å². The van der Waals surface area contributed by atoms with Crippen LogP contribution in [0.2, 0.25) is 0 Å². The Morgan fingerprint density at radius 3 is 2.97 bits per heavy atom. The first-order chi connectivity index (χ1) is 14.0. The molecule has 29 heavy (non-hydrogen) atoms. The van der Waals surface area contributed by atoms with E-state index in [1.165, 1.54) is 29.2 Å². The van der Waals surface area contributed by atoms with Gasteiger partial charge in [0.25, 0.3) is 5.91 Å². The number of carbonyl (C=O) groups excluding carboxylic acids is 1. The van der Waals surface area contributed by atoms with Crippen molar-refractivity contribution in [3.8, 4) is 0 Å². The molecule has 3 aromatic heterocycles. The summed E-state index contributed by atoms with van der Waals surface area (Å²) >= 11 is 0. The van der Waals surface area contributed by atoms with Crippen LogP contribution < -0.4 is 10.2 Å². The number of anilines is 1. The Bertz CT molecular complexity index is 1110. The second-order valence-electron chi connectivity index (χ2n) is 7.69. The predicted octanol–water partition coefficient (Wildman–Crippen LogP) is 2.81. The zero-order valence-electron chi connectivity index (χ0n) is 15.9. The molecule has 0 spiro atoms. The van der Waals surface area contributed by atoms with E-state index >= 15 is 0 Å². The summed E-state index contributed by atoms with van der Waals surface area (Å²) in [5.74, 6) is -1.10. The van der Waals surface area contributed by atoms with Gasteiger partial charge >= 0.3 is 0 Å². The number of hydrogen-bond donors (Lipinski definition) is 1. The van der Waals surface area contributed by atoms with Gasteiger partial charge in [0.15, 0.2) is 17.3 Å². The van der Waals surface area contributed by atoms with Gasteiger partial charge in [-0.1, -0.05) is 0 Å². The van der Waals surface area contributed by atoms with E-state index in [0.29, 0.717) is 30.6 Å². The van der Waals surface area contributed by atoms with Gasteiger partial charge in [0.1, 0.15) is 11.4 Å². The quantitative estimate of drug-likeness (QED) is 0.630. The van der Waals surface area contributed by atoms with Crippen molar-refractivity contribution in [3.63, 3.8) is 0 Å². The van der Waals surface area contributed by atoms with Crippen molar-refractivity contribution in [3.05, 3.63) is 53.1 Å². The normalized spacial score (nSPS) is 21.9. The molecule has 1 N–H and O–H groups in total. The molecule has 2 bridgehead atoms. The van der Waals surface area contributed by atoms with Crippen LogP contribution in [0, 0.1) is 11.6 Å². The van der Waals surface area contributed by atoms with Gasteiger partial charge in [-0.2, -0.15) is 5.10 Å². The Morgan fingerprint density at radius 1 is 1.24 bits per heavy atom. The Hall–Kier alpha value is -3.10. The van der Waals surface area contributed by atoms with Gasteiger partial charge in [-0.3, -0.25) is 9.78 Å². The van der Waals surface area contributed by atoms with Gasteiger partial charge in [-0.15, -0.1) is 0 Å². The minimum Gasteiger partial charge on any atom is -0.349 e. The average molecular weight is 398 g/mol. The Morgan fingerprint density at radius 2 is 2.10 bits per heavy atom. The van der Waals surface area contributed by atoms with Crippen molar-refractivity contribution in [1.29, 1.82) is 0 Å². The average Bonchev–Trinajstić information content (AvgIpc) is 3.32. The molecule has 5 rings (SSSR count). The predicted molar refractivity (Wildman–Crippen MR) is 102 cm³/mol. The van der Waals surface area contributed by atoms with E-state index in [-0.39, 0.29) is 23.8 Å². The molecule has 150 valence electrons. The van der Waals surface area contributed by atoms with Gasteiger partial charge in [-0.25, -0.2) is 18.3 Å². The largest absolute Gasteiger partial charge is 0.349 e. The van der Waals surface area contributed by atoms with Crippen LogP contribution in [-0.2, 0) is 6.42 Å². The third kappa shape index (κ3) is 3.01. The smallest absolute Gasteiger partial charge is 0.256 e. The topological polar surface area (TPSA) is 75.4 Å². The number of amides is 1. The number of aryl methyl sites for hydroxylation is 1. The van der Waals surface area contributed by atoms with Crippen LogP contribution in [0.15, 0.2) is 24.7 Å². The van der Waals surface area contributed by atoms with Crippen molar-refractivity contribution in [2.24, 2.45) is 0 Å². The second-order valence-corrected chi connectivity index (χ2v) is 7.69. The Labute approximate surface area is 165 Å². The molecule has 2 atom stereocenters. The zero-order valence-corrected chi connectivity index (χ0v) is 15.9. The molecule has 3 aromatic rings. The van der Waals surface area contributed by atoms with Crippen LogP contribution in [0.25, 0.3) is 5.65 Å². The summed E-state index contributed by atoms with van der Waals surface area (Å²) in [7, 11) is 0. The van der Waals surface area contributed by atoms with Crippen molar-refractivity contribution in [1.82, 2.24) is 24.9 Å². The zero-order chi connectivity index (χ0) is 20.1. The summed E-state index contributed by atoms with van der Waals surface area (Å²) < 4.78 is 30.3.